The molecule has 1 aromatic heterocycles. The van der Waals surface area contributed by atoms with Crippen LogP contribution in [-0.4, -0.2) is 30.8 Å². The molecule has 3 nitrogen and oxygen atoms in total. The fourth-order valence-electron chi connectivity index (χ4n) is 2.29. The maximum Gasteiger partial charge on any atom is 0.129 e. The minimum absolute atomic E-state index is 0.279. The fourth-order valence-corrected chi connectivity index (χ4v) is 2.67. The van der Waals surface area contributed by atoms with E-state index in [1.165, 1.54) is 0 Å². The summed E-state index contributed by atoms with van der Waals surface area (Å²) in [6.45, 7) is 4.71. The average molecular weight is 307 g/mol. The quantitative estimate of drug-likeness (QED) is 0.809. The highest BCUT2D eigenvalue weighted by molar-refractivity contribution is 9.10. The standard InChI is InChI=1S/C14H15BrN2O/c1-10-9-17(6-7-18-10)14-5-2-11-8-12(15)3-4-13(11)16-14/h2-5,8,10H,6-7,9H2,1H3. The van der Waals surface area contributed by atoms with Gasteiger partial charge in [-0.1, -0.05) is 15.9 Å². The average Bonchev–Trinajstić information content (AvgIpc) is 2.38. The molecule has 1 unspecified atom stereocenters. The molecule has 0 amide bonds. The van der Waals surface area contributed by atoms with Crippen LogP contribution in [0.25, 0.3) is 10.9 Å². The van der Waals surface area contributed by atoms with Crippen molar-refractivity contribution in [3.8, 4) is 0 Å². The molecule has 1 aliphatic heterocycles. The van der Waals surface area contributed by atoms with Crippen molar-refractivity contribution in [2.45, 2.75) is 13.0 Å². The maximum absolute atomic E-state index is 5.56. The van der Waals surface area contributed by atoms with Crippen LogP contribution in [0.4, 0.5) is 5.82 Å². The number of nitrogens with zero attached hydrogens (tertiary/aromatic N) is 2. The van der Waals surface area contributed by atoms with Crippen molar-refractivity contribution in [2.24, 2.45) is 0 Å². The second-order valence-corrected chi connectivity index (χ2v) is 5.55. The van der Waals surface area contributed by atoms with Crippen LogP contribution in [0.3, 0.4) is 0 Å². The van der Waals surface area contributed by atoms with E-state index in [4.69, 9.17) is 9.72 Å². The number of rotatable bonds is 1. The largest absolute Gasteiger partial charge is 0.375 e. The van der Waals surface area contributed by atoms with E-state index in [1.807, 2.05) is 12.1 Å². The van der Waals surface area contributed by atoms with Gasteiger partial charge in [-0.2, -0.15) is 0 Å². The number of hydrogen-bond donors (Lipinski definition) is 0. The molecular weight excluding hydrogens is 292 g/mol. The number of fused-ring (bicyclic) bond motifs is 1. The van der Waals surface area contributed by atoms with Gasteiger partial charge in [-0.05, 0) is 37.3 Å². The van der Waals surface area contributed by atoms with E-state index in [-0.39, 0.29) is 6.10 Å². The highest BCUT2D eigenvalue weighted by atomic mass is 79.9. The van der Waals surface area contributed by atoms with Gasteiger partial charge in [0.15, 0.2) is 0 Å². The first-order valence-electron chi connectivity index (χ1n) is 6.15. The number of pyridine rings is 1. The first kappa shape index (κ1) is 11.9. The molecule has 4 heteroatoms. The third-order valence-corrected chi connectivity index (χ3v) is 3.69. The Labute approximate surface area is 115 Å². The van der Waals surface area contributed by atoms with Gasteiger partial charge < -0.3 is 9.64 Å². The van der Waals surface area contributed by atoms with Gasteiger partial charge >= 0.3 is 0 Å². The highest BCUT2D eigenvalue weighted by Gasteiger charge is 2.17. The molecule has 0 aliphatic carbocycles. The van der Waals surface area contributed by atoms with Crippen molar-refractivity contribution in [3.63, 3.8) is 0 Å². The van der Waals surface area contributed by atoms with Crippen molar-refractivity contribution >= 4 is 32.7 Å². The van der Waals surface area contributed by atoms with Crippen LogP contribution in [0.5, 0.6) is 0 Å². The van der Waals surface area contributed by atoms with Crippen LogP contribution in [-0.2, 0) is 4.74 Å². The minimum atomic E-state index is 0.279. The number of morpholine rings is 1. The predicted octanol–water partition coefficient (Wildman–Crippen LogP) is 3.22. The number of hydrogen-bond acceptors (Lipinski definition) is 3. The number of ether oxygens (including phenoxy) is 1. The third-order valence-electron chi connectivity index (χ3n) is 3.20. The van der Waals surface area contributed by atoms with Crippen LogP contribution in [0.1, 0.15) is 6.92 Å². The van der Waals surface area contributed by atoms with Crippen molar-refractivity contribution in [1.82, 2.24) is 4.98 Å². The van der Waals surface area contributed by atoms with Gasteiger partial charge in [-0.15, -0.1) is 0 Å². The Bertz CT molecular complexity index is 573. The molecule has 1 aliphatic rings. The molecule has 0 saturated carbocycles. The molecule has 94 valence electrons. The molecule has 0 spiro atoms. The Morgan fingerprint density at radius 2 is 2.22 bits per heavy atom. The molecular formula is C14H15BrN2O. The summed E-state index contributed by atoms with van der Waals surface area (Å²) in [7, 11) is 0. The lowest BCUT2D eigenvalue weighted by atomic mass is 10.2. The molecule has 2 aromatic rings. The van der Waals surface area contributed by atoms with Crippen molar-refractivity contribution in [1.29, 1.82) is 0 Å². The summed E-state index contributed by atoms with van der Waals surface area (Å²) < 4.78 is 6.64. The Kier molecular flexibility index (Phi) is 3.22. The Hall–Kier alpha value is -1.13. The number of aromatic nitrogens is 1. The van der Waals surface area contributed by atoms with E-state index in [1.54, 1.807) is 0 Å². The predicted molar refractivity (Wildman–Crippen MR) is 77.1 cm³/mol. The van der Waals surface area contributed by atoms with Crippen LogP contribution in [0.2, 0.25) is 0 Å². The van der Waals surface area contributed by atoms with E-state index < -0.39 is 0 Å². The van der Waals surface area contributed by atoms with Crippen molar-refractivity contribution in [3.05, 3.63) is 34.8 Å². The van der Waals surface area contributed by atoms with Gasteiger partial charge in [-0.25, -0.2) is 4.98 Å². The van der Waals surface area contributed by atoms with E-state index >= 15 is 0 Å². The lowest BCUT2D eigenvalue weighted by molar-refractivity contribution is 0.0529. The fraction of sp³-hybridized carbons (Fsp3) is 0.357. The van der Waals surface area contributed by atoms with Crippen LogP contribution in [0.15, 0.2) is 34.8 Å². The summed E-state index contributed by atoms with van der Waals surface area (Å²) >= 11 is 3.48. The monoisotopic (exact) mass is 306 g/mol. The third kappa shape index (κ3) is 2.35. The Morgan fingerprint density at radius 3 is 3.06 bits per heavy atom. The summed E-state index contributed by atoms with van der Waals surface area (Å²) in [5.74, 6) is 1.04. The molecule has 0 bridgehead atoms. The number of benzene rings is 1. The summed E-state index contributed by atoms with van der Waals surface area (Å²) in [5.41, 5.74) is 1.04. The molecule has 1 fully saturated rings. The first-order valence-corrected chi connectivity index (χ1v) is 6.94. The zero-order valence-corrected chi connectivity index (χ0v) is 11.9. The van der Waals surface area contributed by atoms with E-state index in [0.29, 0.717) is 0 Å². The van der Waals surface area contributed by atoms with Gasteiger partial charge in [0.05, 0.1) is 18.2 Å². The van der Waals surface area contributed by atoms with E-state index in [2.05, 4.69) is 46.0 Å². The highest BCUT2D eigenvalue weighted by Crippen LogP contribution is 2.22. The topological polar surface area (TPSA) is 25.4 Å². The summed E-state index contributed by atoms with van der Waals surface area (Å²) in [4.78, 5) is 7.01. The molecule has 1 aromatic carbocycles. The van der Waals surface area contributed by atoms with Gasteiger partial charge in [-0.3, -0.25) is 0 Å². The number of anilines is 1. The van der Waals surface area contributed by atoms with Crippen LogP contribution >= 0.6 is 15.9 Å². The normalized spacial score (nSPS) is 20.3. The lowest BCUT2D eigenvalue weighted by Crippen LogP contribution is -2.41. The number of halogens is 1. The van der Waals surface area contributed by atoms with Crippen LogP contribution in [0, 0.1) is 0 Å². The zero-order valence-electron chi connectivity index (χ0n) is 10.3. The molecule has 18 heavy (non-hydrogen) atoms. The zero-order chi connectivity index (χ0) is 12.5. The lowest BCUT2D eigenvalue weighted by Gasteiger charge is -2.32. The van der Waals surface area contributed by atoms with Gasteiger partial charge in [0.1, 0.15) is 5.82 Å². The molecule has 1 saturated heterocycles. The summed E-state index contributed by atoms with van der Waals surface area (Å²) in [6, 6.07) is 10.4. The molecule has 0 radical (unpaired) electrons. The molecule has 3 rings (SSSR count). The molecule has 1 atom stereocenters. The van der Waals surface area contributed by atoms with E-state index in [0.717, 1.165) is 40.9 Å². The summed E-state index contributed by atoms with van der Waals surface area (Å²) in [5, 5.41) is 1.16. The van der Waals surface area contributed by atoms with E-state index in [9.17, 15) is 0 Å². The SMILES string of the molecule is CC1CN(c2ccc3cc(Br)ccc3n2)CCO1. The second-order valence-electron chi connectivity index (χ2n) is 4.63. The second kappa shape index (κ2) is 4.86. The van der Waals surface area contributed by atoms with Crippen molar-refractivity contribution in [2.75, 3.05) is 24.6 Å². The van der Waals surface area contributed by atoms with Gasteiger partial charge in [0.25, 0.3) is 0 Å². The minimum Gasteiger partial charge on any atom is -0.375 e. The van der Waals surface area contributed by atoms with Gasteiger partial charge in [0, 0.05) is 22.9 Å². The molecule has 0 N–H and O–H groups in total. The van der Waals surface area contributed by atoms with Crippen LogP contribution < -0.4 is 4.90 Å². The van der Waals surface area contributed by atoms with Crippen molar-refractivity contribution < 1.29 is 4.74 Å². The summed E-state index contributed by atoms with van der Waals surface area (Å²) in [6.07, 6.45) is 0.279. The Balaban J connectivity index is 1.95. The Morgan fingerprint density at radius 1 is 1.33 bits per heavy atom. The first-order chi connectivity index (χ1) is 8.72. The maximum atomic E-state index is 5.56. The molecule has 2 heterocycles. The van der Waals surface area contributed by atoms with Gasteiger partial charge in [0.2, 0.25) is 0 Å². The smallest absolute Gasteiger partial charge is 0.129 e.